The zero-order chi connectivity index (χ0) is 22.2. The van der Waals surface area contributed by atoms with Crippen molar-refractivity contribution in [3.05, 3.63) is 63.0 Å². The molecule has 4 rings (SSSR count). The van der Waals surface area contributed by atoms with Gasteiger partial charge in [-0.3, -0.25) is 9.59 Å². The molecule has 1 aliphatic heterocycles. The minimum atomic E-state index is -4.57. The van der Waals surface area contributed by atoms with Gasteiger partial charge in [-0.1, -0.05) is 17.7 Å². The van der Waals surface area contributed by atoms with Gasteiger partial charge in [0.15, 0.2) is 5.15 Å². The van der Waals surface area contributed by atoms with Crippen LogP contribution >= 0.6 is 11.6 Å². The first-order chi connectivity index (χ1) is 14.7. The number of nitrogens with zero attached hydrogens (tertiary/aromatic N) is 2. The second-order valence-corrected chi connectivity index (χ2v) is 7.25. The van der Waals surface area contributed by atoms with E-state index in [1.807, 2.05) is 4.90 Å². The summed E-state index contributed by atoms with van der Waals surface area (Å²) in [6.07, 6.45) is -4.57. The smallest absolute Gasteiger partial charge is 0.378 e. The fourth-order valence-electron chi connectivity index (χ4n) is 3.36. The van der Waals surface area contributed by atoms with Crippen LogP contribution in [0, 0.1) is 0 Å². The molecule has 2 heterocycles. The number of fused-ring (bicyclic) bond motifs is 1. The zero-order valence-corrected chi connectivity index (χ0v) is 16.7. The second kappa shape index (κ2) is 8.20. The van der Waals surface area contributed by atoms with E-state index in [1.165, 1.54) is 24.3 Å². The molecule has 2 aromatic carbocycles. The van der Waals surface area contributed by atoms with Crippen molar-refractivity contribution < 1.29 is 22.7 Å². The van der Waals surface area contributed by atoms with Gasteiger partial charge in [-0.15, -0.1) is 0 Å². The highest BCUT2D eigenvalue weighted by Gasteiger charge is 2.32. The second-order valence-electron chi connectivity index (χ2n) is 6.89. The number of H-pyrrole nitrogens is 1. The summed E-state index contributed by atoms with van der Waals surface area (Å²) in [5.74, 6) is -0.664. The van der Waals surface area contributed by atoms with Gasteiger partial charge in [0.1, 0.15) is 0 Å². The summed E-state index contributed by atoms with van der Waals surface area (Å²) < 4.78 is 45.1. The van der Waals surface area contributed by atoms with Gasteiger partial charge in [0.25, 0.3) is 11.5 Å². The molecule has 0 atom stereocenters. The predicted octanol–water partition coefficient (Wildman–Crippen LogP) is 3.68. The lowest BCUT2D eigenvalue weighted by Gasteiger charge is -2.31. The molecule has 1 amide bonds. The number of anilines is 2. The third-order valence-electron chi connectivity index (χ3n) is 4.93. The molecular weight excluding hydrogens is 437 g/mol. The van der Waals surface area contributed by atoms with Crippen molar-refractivity contribution >= 4 is 39.7 Å². The summed E-state index contributed by atoms with van der Waals surface area (Å²) in [4.78, 5) is 26.7. The maximum absolute atomic E-state index is 13.3. The summed E-state index contributed by atoms with van der Waals surface area (Å²) in [5, 5.41) is 8.99. The quantitative estimate of drug-likeness (QED) is 0.633. The zero-order valence-electron chi connectivity index (χ0n) is 15.9. The number of carbonyl (C=O) groups excluding carboxylic acids is 1. The van der Waals surface area contributed by atoms with Crippen molar-refractivity contribution in [2.45, 2.75) is 6.18 Å². The van der Waals surface area contributed by atoms with Gasteiger partial charge in [0.2, 0.25) is 0 Å². The minimum Gasteiger partial charge on any atom is -0.378 e. The van der Waals surface area contributed by atoms with E-state index in [4.69, 9.17) is 16.3 Å². The molecule has 162 valence electrons. The highest BCUT2D eigenvalue weighted by atomic mass is 35.5. The molecule has 11 heteroatoms. The van der Waals surface area contributed by atoms with Crippen LogP contribution in [0.4, 0.5) is 24.5 Å². The van der Waals surface area contributed by atoms with Crippen molar-refractivity contribution in [3.63, 3.8) is 0 Å². The molecule has 0 aliphatic carbocycles. The minimum absolute atomic E-state index is 0.0171. The molecule has 0 unspecified atom stereocenters. The van der Waals surface area contributed by atoms with Gasteiger partial charge < -0.3 is 15.0 Å². The molecule has 0 bridgehead atoms. The van der Waals surface area contributed by atoms with Crippen LogP contribution in [0.15, 0.2) is 41.2 Å². The van der Waals surface area contributed by atoms with Gasteiger partial charge in [0, 0.05) is 24.0 Å². The topological polar surface area (TPSA) is 87.3 Å². The van der Waals surface area contributed by atoms with Gasteiger partial charge >= 0.3 is 6.18 Å². The van der Waals surface area contributed by atoms with E-state index in [0.29, 0.717) is 37.4 Å². The number of rotatable bonds is 3. The molecule has 1 aliphatic rings. The fraction of sp³-hybridized carbons (Fsp3) is 0.250. The van der Waals surface area contributed by atoms with Crippen LogP contribution in [0.3, 0.4) is 0 Å². The summed E-state index contributed by atoms with van der Waals surface area (Å²) in [6.45, 7) is 1.81. The number of ether oxygens (including phenoxy) is 1. The van der Waals surface area contributed by atoms with Gasteiger partial charge in [-0.25, -0.2) is 5.10 Å². The molecule has 7 nitrogen and oxygen atoms in total. The Morgan fingerprint density at radius 1 is 1.13 bits per heavy atom. The van der Waals surface area contributed by atoms with Crippen molar-refractivity contribution in [2.24, 2.45) is 0 Å². The van der Waals surface area contributed by atoms with Crippen molar-refractivity contribution in [3.8, 4) is 0 Å². The summed E-state index contributed by atoms with van der Waals surface area (Å²) in [6, 6.07) is 7.41. The maximum atomic E-state index is 13.3. The number of alkyl halides is 3. The monoisotopic (exact) mass is 452 g/mol. The third kappa shape index (κ3) is 4.35. The number of benzene rings is 2. The Morgan fingerprint density at radius 2 is 1.87 bits per heavy atom. The molecular formula is C20H16ClF3N4O3. The first kappa shape index (κ1) is 21.1. The number of aromatic amines is 1. The number of hydrogen-bond donors (Lipinski definition) is 2. The van der Waals surface area contributed by atoms with Crippen LogP contribution in [0.5, 0.6) is 0 Å². The molecule has 1 fully saturated rings. The van der Waals surface area contributed by atoms with Crippen molar-refractivity contribution in [2.75, 3.05) is 36.5 Å². The highest BCUT2D eigenvalue weighted by Crippen LogP contribution is 2.36. The Labute approximate surface area is 178 Å². The first-order valence-electron chi connectivity index (χ1n) is 9.27. The standard InChI is InChI=1S/C20H16ClF3N4O3/c21-17-13-3-1-11(9-14(13)19(30)27-26-17)18(29)25-15-10-12(20(22,23)24)2-4-16(15)28-5-7-31-8-6-28/h1-4,9-10H,5-8H2,(H,25,29)(H,27,30). The van der Waals surface area contributed by atoms with Crippen LogP contribution in [0.2, 0.25) is 5.15 Å². The number of morpholine rings is 1. The van der Waals surface area contributed by atoms with Gasteiger partial charge in [0.05, 0.1) is 35.5 Å². The molecule has 3 aromatic rings. The number of nitrogens with one attached hydrogen (secondary N) is 2. The third-order valence-corrected chi connectivity index (χ3v) is 5.22. The first-order valence-corrected chi connectivity index (χ1v) is 9.65. The van der Waals surface area contributed by atoms with Crippen LogP contribution in [0.25, 0.3) is 10.8 Å². The van der Waals surface area contributed by atoms with Crippen LogP contribution < -0.4 is 15.8 Å². The summed E-state index contributed by atoms with van der Waals surface area (Å²) in [5.41, 5.74) is -0.862. The number of carbonyl (C=O) groups is 1. The van der Waals surface area contributed by atoms with E-state index in [1.54, 1.807) is 0 Å². The molecule has 2 N–H and O–H groups in total. The van der Waals surface area contributed by atoms with Crippen molar-refractivity contribution in [1.29, 1.82) is 0 Å². The number of amides is 1. The largest absolute Gasteiger partial charge is 0.416 e. The Balaban J connectivity index is 1.71. The molecule has 31 heavy (non-hydrogen) atoms. The van der Waals surface area contributed by atoms with Gasteiger partial charge in [-0.2, -0.15) is 18.3 Å². The van der Waals surface area contributed by atoms with Crippen molar-refractivity contribution in [1.82, 2.24) is 10.2 Å². The average molecular weight is 453 g/mol. The molecule has 1 saturated heterocycles. The molecule has 0 saturated carbocycles. The SMILES string of the molecule is O=C(Nc1cc(C(F)(F)F)ccc1N1CCOCC1)c1ccc2c(Cl)n[nH]c(=O)c2c1. The van der Waals surface area contributed by atoms with E-state index >= 15 is 0 Å². The van der Waals surface area contributed by atoms with E-state index in [9.17, 15) is 22.8 Å². The number of aromatic nitrogens is 2. The summed E-state index contributed by atoms with van der Waals surface area (Å²) >= 11 is 5.95. The van der Waals surface area contributed by atoms with E-state index in [0.717, 1.165) is 12.1 Å². The van der Waals surface area contributed by atoms with E-state index in [-0.39, 0.29) is 21.8 Å². The normalized spacial score (nSPS) is 14.6. The van der Waals surface area contributed by atoms with Crippen LogP contribution in [-0.2, 0) is 10.9 Å². The Kier molecular flexibility index (Phi) is 5.59. The highest BCUT2D eigenvalue weighted by molar-refractivity contribution is 6.34. The number of halogens is 4. The molecule has 1 aromatic heterocycles. The van der Waals surface area contributed by atoms with E-state index < -0.39 is 23.2 Å². The molecule has 0 spiro atoms. The van der Waals surface area contributed by atoms with E-state index in [2.05, 4.69) is 15.5 Å². The Bertz CT molecular complexity index is 1210. The fourth-order valence-corrected chi connectivity index (χ4v) is 3.57. The van der Waals surface area contributed by atoms with Crippen LogP contribution in [0.1, 0.15) is 15.9 Å². The summed E-state index contributed by atoms with van der Waals surface area (Å²) in [7, 11) is 0. The predicted molar refractivity (Wildman–Crippen MR) is 110 cm³/mol. The Morgan fingerprint density at radius 3 is 2.58 bits per heavy atom. The van der Waals surface area contributed by atoms with Gasteiger partial charge in [-0.05, 0) is 30.3 Å². The lowest BCUT2D eigenvalue weighted by atomic mass is 10.1. The number of hydrogen-bond acceptors (Lipinski definition) is 5. The maximum Gasteiger partial charge on any atom is 0.416 e. The molecule has 0 radical (unpaired) electrons. The lowest BCUT2D eigenvalue weighted by Crippen LogP contribution is -2.36. The van der Waals surface area contributed by atoms with Crippen LogP contribution in [-0.4, -0.2) is 42.4 Å². The average Bonchev–Trinajstić information content (AvgIpc) is 2.76. The Hall–Kier alpha value is -3.11. The lowest BCUT2D eigenvalue weighted by molar-refractivity contribution is -0.137.